The van der Waals surface area contributed by atoms with Gasteiger partial charge in [0, 0.05) is 74.6 Å². The number of benzene rings is 2. The molecular weight excluding hydrogens is 521 g/mol. The number of amides is 1. The lowest BCUT2D eigenvalue weighted by atomic mass is 10.0. The molecule has 6 rings (SSSR count). The van der Waals surface area contributed by atoms with Gasteiger partial charge in [-0.15, -0.1) is 0 Å². The maximum atomic E-state index is 15.1. The third-order valence-corrected chi connectivity index (χ3v) is 8.43. The molecule has 2 aliphatic rings. The quantitative estimate of drug-likeness (QED) is 0.325. The number of aromatic nitrogens is 4. The van der Waals surface area contributed by atoms with Crippen LogP contribution in [-0.4, -0.2) is 91.7 Å². The highest BCUT2D eigenvalue weighted by Crippen LogP contribution is 2.30. The van der Waals surface area contributed by atoms with Gasteiger partial charge in [0.05, 0.1) is 23.4 Å². The Balaban J connectivity index is 1.14. The van der Waals surface area contributed by atoms with E-state index in [0.29, 0.717) is 43.3 Å². The van der Waals surface area contributed by atoms with Crippen molar-refractivity contribution < 1.29 is 14.3 Å². The first-order chi connectivity index (χ1) is 20.0. The van der Waals surface area contributed by atoms with Gasteiger partial charge in [0.2, 0.25) is 0 Å². The Morgan fingerprint density at radius 2 is 1.80 bits per heavy atom. The van der Waals surface area contributed by atoms with Crippen molar-refractivity contribution in [1.82, 2.24) is 34.7 Å². The standard InChI is InChI=1S/C31H36FN7O2/c1-2-36-11-9-25(10-12-36)39-21-23(19-33-39)5-8-29-27-17-26(28(32)18-30(27)35-34-29)24-6-3-22(4-7-24)20-37-13-15-38(16-14-37)31(40)41/h3-8,17-19,21,25H,2,9-16,20H2,1H3,(H,34,35)(H,40,41). The fraction of sp³-hybridized carbons (Fsp3) is 0.387. The van der Waals surface area contributed by atoms with Gasteiger partial charge in [-0.2, -0.15) is 10.2 Å². The van der Waals surface area contributed by atoms with Gasteiger partial charge in [0.25, 0.3) is 0 Å². The first-order valence-corrected chi connectivity index (χ1v) is 14.4. The largest absolute Gasteiger partial charge is 0.465 e. The van der Waals surface area contributed by atoms with E-state index in [1.165, 1.54) is 11.0 Å². The lowest BCUT2D eigenvalue weighted by molar-refractivity contribution is 0.103. The molecule has 10 heteroatoms. The van der Waals surface area contributed by atoms with Crippen LogP contribution < -0.4 is 0 Å². The molecule has 1 amide bonds. The normalized spacial score (nSPS) is 17.7. The molecular formula is C31H36FN7O2. The van der Waals surface area contributed by atoms with Crippen molar-refractivity contribution in [2.24, 2.45) is 0 Å². The van der Waals surface area contributed by atoms with Gasteiger partial charge in [0.1, 0.15) is 5.82 Å². The summed E-state index contributed by atoms with van der Waals surface area (Å²) < 4.78 is 17.2. The number of hydrogen-bond acceptors (Lipinski definition) is 5. The van der Waals surface area contributed by atoms with Gasteiger partial charge < -0.3 is 14.9 Å². The zero-order chi connectivity index (χ0) is 28.3. The van der Waals surface area contributed by atoms with Gasteiger partial charge in [-0.1, -0.05) is 31.2 Å². The minimum Gasteiger partial charge on any atom is -0.465 e. The number of piperazine rings is 1. The van der Waals surface area contributed by atoms with E-state index in [1.807, 2.05) is 48.7 Å². The van der Waals surface area contributed by atoms with Crippen LogP contribution in [0.2, 0.25) is 0 Å². The highest BCUT2D eigenvalue weighted by Gasteiger charge is 2.21. The second kappa shape index (κ2) is 11.8. The lowest BCUT2D eigenvalue weighted by Crippen LogP contribution is -2.47. The molecule has 2 aromatic carbocycles. The van der Waals surface area contributed by atoms with E-state index < -0.39 is 6.09 Å². The van der Waals surface area contributed by atoms with Crippen molar-refractivity contribution in [2.45, 2.75) is 32.4 Å². The average Bonchev–Trinajstić information content (AvgIpc) is 3.63. The van der Waals surface area contributed by atoms with Crippen LogP contribution in [0, 0.1) is 5.82 Å². The molecule has 0 aliphatic carbocycles. The minimum absolute atomic E-state index is 0.301. The smallest absolute Gasteiger partial charge is 0.407 e. The van der Waals surface area contributed by atoms with Crippen LogP contribution >= 0.6 is 0 Å². The number of fused-ring (bicyclic) bond motifs is 1. The van der Waals surface area contributed by atoms with Crippen molar-refractivity contribution >= 4 is 29.1 Å². The Labute approximate surface area is 238 Å². The van der Waals surface area contributed by atoms with Crippen LogP contribution in [0.25, 0.3) is 34.2 Å². The summed E-state index contributed by atoms with van der Waals surface area (Å²) in [7, 11) is 0. The van der Waals surface area contributed by atoms with Crippen LogP contribution in [0.3, 0.4) is 0 Å². The Kier molecular flexibility index (Phi) is 7.84. The molecule has 0 saturated carbocycles. The second-order valence-corrected chi connectivity index (χ2v) is 11.0. The van der Waals surface area contributed by atoms with E-state index in [-0.39, 0.29) is 5.82 Å². The summed E-state index contributed by atoms with van der Waals surface area (Å²) in [5, 5.41) is 22.0. The fourth-order valence-corrected chi connectivity index (χ4v) is 5.87. The zero-order valence-corrected chi connectivity index (χ0v) is 23.3. The SMILES string of the molecule is CCN1CCC(n2cc(C=Cc3n[nH]c4cc(F)c(-c5ccc(CN6CCN(C(=O)O)CC6)cc5)cc34)cn2)CC1. The number of likely N-dealkylation sites (tertiary alicyclic amines) is 1. The number of nitrogens with zero attached hydrogens (tertiary/aromatic N) is 6. The van der Waals surface area contributed by atoms with Crippen molar-refractivity contribution in [2.75, 3.05) is 45.8 Å². The van der Waals surface area contributed by atoms with Gasteiger partial charge in [0.15, 0.2) is 0 Å². The number of carbonyl (C=O) groups is 1. The molecule has 2 N–H and O–H groups in total. The molecule has 0 spiro atoms. The summed E-state index contributed by atoms with van der Waals surface area (Å²) in [6.07, 6.45) is 9.30. The summed E-state index contributed by atoms with van der Waals surface area (Å²) in [4.78, 5) is 17.3. The zero-order valence-electron chi connectivity index (χ0n) is 23.3. The molecule has 4 aromatic rings. The molecule has 9 nitrogen and oxygen atoms in total. The fourth-order valence-electron chi connectivity index (χ4n) is 5.87. The summed E-state index contributed by atoms with van der Waals surface area (Å²) in [5.41, 5.74) is 4.87. The Morgan fingerprint density at radius 1 is 1.05 bits per heavy atom. The van der Waals surface area contributed by atoms with E-state index in [1.54, 1.807) is 0 Å². The number of aromatic amines is 1. The number of hydrogen-bond donors (Lipinski definition) is 2. The maximum Gasteiger partial charge on any atom is 0.407 e. The van der Waals surface area contributed by atoms with Crippen LogP contribution in [-0.2, 0) is 6.54 Å². The summed E-state index contributed by atoms with van der Waals surface area (Å²) >= 11 is 0. The Morgan fingerprint density at radius 3 is 2.51 bits per heavy atom. The Hall–Kier alpha value is -4.02. The first kappa shape index (κ1) is 27.2. The number of nitrogens with one attached hydrogen (secondary N) is 1. The molecule has 2 saturated heterocycles. The molecule has 4 heterocycles. The van der Waals surface area contributed by atoms with Crippen LogP contribution in [0.5, 0.6) is 0 Å². The highest BCUT2D eigenvalue weighted by atomic mass is 19.1. The van der Waals surface area contributed by atoms with E-state index in [9.17, 15) is 4.79 Å². The predicted octanol–water partition coefficient (Wildman–Crippen LogP) is 5.19. The van der Waals surface area contributed by atoms with Crippen LogP contribution in [0.4, 0.5) is 9.18 Å². The lowest BCUT2D eigenvalue weighted by Gasteiger charge is -2.33. The topological polar surface area (TPSA) is 93.5 Å². The van der Waals surface area contributed by atoms with Gasteiger partial charge in [-0.3, -0.25) is 14.7 Å². The molecule has 214 valence electrons. The van der Waals surface area contributed by atoms with E-state index >= 15 is 4.39 Å². The highest BCUT2D eigenvalue weighted by molar-refractivity contribution is 5.92. The van der Waals surface area contributed by atoms with E-state index in [0.717, 1.165) is 66.8 Å². The molecule has 2 aliphatic heterocycles. The van der Waals surface area contributed by atoms with Crippen molar-refractivity contribution in [3.8, 4) is 11.1 Å². The summed E-state index contributed by atoms with van der Waals surface area (Å²) in [6.45, 7) is 8.70. The predicted molar refractivity (Wildman–Crippen MR) is 158 cm³/mol. The first-order valence-electron chi connectivity index (χ1n) is 14.4. The third-order valence-electron chi connectivity index (χ3n) is 8.43. The number of rotatable bonds is 7. The number of H-pyrrole nitrogens is 1. The molecule has 0 bridgehead atoms. The minimum atomic E-state index is -0.862. The molecule has 2 aromatic heterocycles. The number of carboxylic acid groups (broad SMARTS) is 1. The second-order valence-electron chi connectivity index (χ2n) is 11.0. The molecule has 0 radical (unpaired) electrons. The van der Waals surface area contributed by atoms with Crippen molar-refractivity contribution in [1.29, 1.82) is 0 Å². The third kappa shape index (κ3) is 6.03. The monoisotopic (exact) mass is 557 g/mol. The van der Waals surface area contributed by atoms with Gasteiger partial charge >= 0.3 is 6.09 Å². The van der Waals surface area contributed by atoms with Crippen LogP contribution in [0.1, 0.15) is 42.6 Å². The summed E-state index contributed by atoms with van der Waals surface area (Å²) in [5.74, 6) is -0.301. The number of piperidine rings is 1. The van der Waals surface area contributed by atoms with Crippen molar-refractivity contribution in [3.05, 3.63) is 71.4 Å². The van der Waals surface area contributed by atoms with E-state index in [4.69, 9.17) is 5.11 Å². The maximum absolute atomic E-state index is 15.1. The van der Waals surface area contributed by atoms with Crippen molar-refractivity contribution in [3.63, 3.8) is 0 Å². The Bertz CT molecular complexity index is 1530. The molecule has 2 fully saturated rings. The molecule has 0 unspecified atom stereocenters. The number of halogens is 1. The molecule has 0 atom stereocenters. The summed E-state index contributed by atoms with van der Waals surface area (Å²) in [6, 6.07) is 11.7. The van der Waals surface area contributed by atoms with Gasteiger partial charge in [-0.05, 0) is 48.7 Å². The molecule has 41 heavy (non-hydrogen) atoms. The van der Waals surface area contributed by atoms with E-state index in [2.05, 4.69) is 42.9 Å². The average molecular weight is 558 g/mol. The van der Waals surface area contributed by atoms with Gasteiger partial charge in [-0.25, -0.2) is 9.18 Å². The van der Waals surface area contributed by atoms with Crippen LogP contribution in [0.15, 0.2) is 48.8 Å².